The van der Waals surface area contributed by atoms with Gasteiger partial charge in [0.15, 0.2) is 0 Å². The van der Waals surface area contributed by atoms with Crippen LogP contribution in [0.15, 0.2) is 66.0 Å². The van der Waals surface area contributed by atoms with Crippen LogP contribution in [0.5, 0.6) is 0 Å². The highest BCUT2D eigenvalue weighted by molar-refractivity contribution is 7.89. The lowest BCUT2D eigenvalue weighted by Crippen LogP contribution is -2.40. The minimum absolute atomic E-state index is 0.224. The number of anilines is 5. The lowest BCUT2D eigenvalue weighted by molar-refractivity contribution is 0.491. The van der Waals surface area contributed by atoms with Gasteiger partial charge in [0.25, 0.3) is 0 Å². The molecule has 4 N–H and O–H groups in total. The van der Waals surface area contributed by atoms with Crippen LogP contribution in [0.1, 0.15) is 31.9 Å². The maximum atomic E-state index is 12.9. The van der Waals surface area contributed by atoms with E-state index in [1.165, 1.54) is 0 Å². The Morgan fingerprint density at radius 2 is 1.61 bits per heavy atom. The van der Waals surface area contributed by atoms with Crippen molar-refractivity contribution in [1.29, 1.82) is 0 Å². The topological polar surface area (TPSA) is 111 Å². The van der Waals surface area contributed by atoms with Crippen molar-refractivity contribution < 1.29 is 8.42 Å². The van der Waals surface area contributed by atoms with Crippen molar-refractivity contribution in [2.24, 2.45) is 0 Å². The zero-order valence-corrected chi connectivity index (χ0v) is 22.7. The van der Waals surface area contributed by atoms with Gasteiger partial charge in [-0.25, -0.2) is 18.1 Å². The van der Waals surface area contributed by atoms with E-state index in [-0.39, 0.29) is 4.90 Å². The van der Waals surface area contributed by atoms with Gasteiger partial charge < -0.3 is 20.9 Å². The SMILES string of the molecule is CN/C=C\N(C)c1ccc(Nc2ncc(C)c(Nc3ccc(C)c(S(=O)(=O)NC(C)(C)C)c3)n2)cc1. The van der Waals surface area contributed by atoms with Crippen LogP contribution in [-0.4, -0.2) is 38.0 Å². The van der Waals surface area contributed by atoms with Crippen LogP contribution >= 0.6 is 0 Å². The number of aromatic nitrogens is 2. The van der Waals surface area contributed by atoms with Gasteiger partial charge >= 0.3 is 0 Å². The second-order valence-corrected chi connectivity index (χ2v) is 11.2. The summed E-state index contributed by atoms with van der Waals surface area (Å²) < 4.78 is 28.6. The molecule has 2 aromatic carbocycles. The van der Waals surface area contributed by atoms with Gasteiger partial charge in [0.05, 0.1) is 4.90 Å². The molecule has 1 aromatic heterocycles. The second kappa shape index (κ2) is 11.0. The van der Waals surface area contributed by atoms with Crippen LogP contribution in [0.25, 0.3) is 0 Å². The highest BCUT2D eigenvalue weighted by atomic mass is 32.2. The lowest BCUT2D eigenvalue weighted by Gasteiger charge is -2.21. The van der Waals surface area contributed by atoms with E-state index < -0.39 is 15.6 Å². The average Bonchev–Trinajstić information content (AvgIpc) is 2.79. The number of hydrogen-bond acceptors (Lipinski definition) is 8. The smallest absolute Gasteiger partial charge is 0.241 e. The van der Waals surface area contributed by atoms with Crippen molar-refractivity contribution in [3.05, 3.63) is 72.2 Å². The molecule has 0 unspecified atom stereocenters. The van der Waals surface area contributed by atoms with Crippen LogP contribution in [-0.2, 0) is 10.0 Å². The fourth-order valence-electron chi connectivity index (χ4n) is 3.37. The molecule has 9 nitrogen and oxygen atoms in total. The summed E-state index contributed by atoms with van der Waals surface area (Å²) in [6.07, 6.45) is 5.51. The predicted octanol–water partition coefficient (Wildman–Crippen LogP) is 4.78. The van der Waals surface area contributed by atoms with Gasteiger partial charge in [-0.05, 0) is 76.6 Å². The van der Waals surface area contributed by atoms with Crippen molar-refractivity contribution in [2.75, 3.05) is 29.6 Å². The summed E-state index contributed by atoms with van der Waals surface area (Å²) in [6, 6.07) is 13.1. The van der Waals surface area contributed by atoms with Crippen molar-refractivity contribution >= 4 is 38.9 Å². The molecular formula is C26H35N7O2S. The molecule has 3 aromatic rings. The normalized spacial score (nSPS) is 12.0. The second-order valence-electron chi connectivity index (χ2n) is 9.57. The Bertz CT molecular complexity index is 1330. The molecule has 0 atom stereocenters. The minimum atomic E-state index is -3.68. The molecule has 0 aliphatic rings. The summed E-state index contributed by atoms with van der Waals surface area (Å²) in [4.78, 5) is 11.2. The monoisotopic (exact) mass is 509 g/mol. The Kier molecular flexibility index (Phi) is 8.21. The highest BCUT2D eigenvalue weighted by Crippen LogP contribution is 2.26. The van der Waals surface area contributed by atoms with Crippen LogP contribution in [0.2, 0.25) is 0 Å². The molecule has 0 radical (unpaired) electrons. The molecule has 0 aliphatic heterocycles. The molecule has 192 valence electrons. The zero-order valence-electron chi connectivity index (χ0n) is 21.8. The Balaban J connectivity index is 1.80. The molecule has 10 heteroatoms. The summed E-state index contributed by atoms with van der Waals surface area (Å²) in [5, 5.41) is 9.43. The fraction of sp³-hybridized carbons (Fsp3) is 0.308. The molecule has 0 bridgehead atoms. The van der Waals surface area contributed by atoms with Crippen molar-refractivity contribution in [3.8, 4) is 0 Å². The van der Waals surface area contributed by atoms with Gasteiger partial charge in [0.2, 0.25) is 16.0 Å². The highest BCUT2D eigenvalue weighted by Gasteiger charge is 2.24. The largest absolute Gasteiger partial charge is 0.393 e. The van der Waals surface area contributed by atoms with Crippen molar-refractivity contribution in [1.82, 2.24) is 20.0 Å². The van der Waals surface area contributed by atoms with Gasteiger partial charge in [-0.15, -0.1) is 0 Å². The average molecular weight is 510 g/mol. The number of nitrogens with zero attached hydrogens (tertiary/aromatic N) is 3. The summed E-state index contributed by atoms with van der Waals surface area (Å²) in [5.41, 5.74) is 3.39. The Labute approximate surface area is 214 Å². The molecule has 0 spiro atoms. The zero-order chi connectivity index (χ0) is 26.5. The number of sulfonamides is 1. The summed E-state index contributed by atoms with van der Waals surface area (Å²) in [5.74, 6) is 1.01. The molecular weight excluding hydrogens is 474 g/mol. The summed E-state index contributed by atoms with van der Waals surface area (Å²) in [6.45, 7) is 9.11. The van der Waals surface area contributed by atoms with Crippen molar-refractivity contribution in [2.45, 2.75) is 45.1 Å². The van der Waals surface area contributed by atoms with E-state index in [0.29, 0.717) is 23.0 Å². The molecule has 3 rings (SSSR count). The fourth-order valence-corrected chi connectivity index (χ4v) is 5.06. The Morgan fingerprint density at radius 1 is 0.944 bits per heavy atom. The van der Waals surface area contributed by atoms with E-state index in [1.807, 2.05) is 89.4 Å². The van der Waals surface area contributed by atoms with Gasteiger partial charge in [-0.3, -0.25) is 0 Å². The molecule has 36 heavy (non-hydrogen) atoms. The van der Waals surface area contributed by atoms with E-state index in [9.17, 15) is 8.42 Å². The molecule has 0 amide bonds. The van der Waals surface area contributed by atoms with Gasteiger partial charge in [-0.2, -0.15) is 4.98 Å². The number of aryl methyl sites for hydroxylation is 2. The first-order valence-electron chi connectivity index (χ1n) is 11.6. The standard InChI is InChI=1S/C26H35N7O2S/c1-18-8-9-21(16-23(18)36(34,35)32-26(3,4)5)29-24-19(2)17-28-25(31-24)30-20-10-12-22(13-11-20)33(7)15-14-27-6/h8-17,27,32H,1-7H3,(H2,28,29,30,31)/b15-14-. The molecule has 0 aliphatic carbocycles. The molecule has 0 saturated carbocycles. The van der Waals surface area contributed by atoms with Crippen molar-refractivity contribution in [3.63, 3.8) is 0 Å². The Morgan fingerprint density at radius 3 is 2.25 bits per heavy atom. The van der Waals surface area contributed by atoms with E-state index >= 15 is 0 Å². The predicted molar refractivity (Wildman–Crippen MR) is 148 cm³/mol. The lowest BCUT2D eigenvalue weighted by atomic mass is 10.1. The van der Waals surface area contributed by atoms with E-state index in [2.05, 4.69) is 30.6 Å². The van der Waals surface area contributed by atoms with E-state index in [4.69, 9.17) is 0 Å². The minimum Gasteiger partial charge on any atom is -0.393 e. The van der Waals surface area contributed by atoms with Crippen LogP contribution in [0.3, 0.4) is 0 Å². The third kappa shape index (κ3) is 7.19. The summed E-state index contributed by atoms with van der Waals surface area (Å²) in [7, 11) is 0.140. The van der Waals surface area contributed by atoms with Gasteiger partial charge in [-0.1, -0.05) is 6.07 Å². The quantitative estimate of drug-likeness (QED) is 0.326. The third-order valence-electron chi connectivity index (χ3n) is 5.15. The number of hydrogen-bond donors (Lipinski definition) is 4. The van der Waals surface area contributed by atoms with Crippen LogP contribution < -0.4 is 25.6 Å². The van der Waals surface area contributed by atoms with Gasteiger partial charge in [0.1, 0.15) is 5.82 Å². The van der Waals surface area contributed by atoms with Crippen LogP contribution in [0, 0.1) is 13.8 Å². The molecule has 1 heterocycles. The first-order valence-corrected chi connectivity index (χ1v) is 13.1. The van der Waals surface area contributed by atoms with E-state index in [0.717, 1.165) is 16.9 Å². The van der Waals surface area contributed by atoms with E-state index in [1.54, 1.807) is 25.3 Å². The van der Waals surface area contributed by atoms with Gasteiger partial charge in [0, 0.05) is 60.9 Å². The Hall–Kier alpha value is -3.63. The maximum absolute atomic E-state index is 12.9. The summed E-state index contributed by atoms with van der Waals surface area (Å²) >= 11 is 0. The van der Waals surface area contributed by atoms with Crippen LogP contribution in [0.4, 0.5) is 28.8 Å². The first kappa shape index (κ1) is 27.0. The molecule has 0 fully saturated rings. The number of benzene rings is 2. The first-order chi connectivity index (χ1) is 16.9. The number of rotatable bonds is 9. The third-order valence-corrected chi connectivity index (χ3v) is 7.05. The maximum Gasteiger partial charge on any atom is 0.241 e. The number of nitrogens with one attached hydrogen (secondary N) is 4. The molecule has 0 saturated heterocycles.